The van der Waals surface area contributed by atoms with Crippen LogP contribution in [0.15, 0.2) is 24.3 Å². The van der Waals surface area contributed by atoms with Gasteiger partial charge in [-0.3, -0.25) is 4.90 Å². The second-order valence-corrected chi connectivity index (χ2v) is 4.20. The Balaban J connectivity index is 0.000000640. The molecular weight excluding hydrogens is 243 g/mol. The molecule has 16 heavy (non-hydrogen) atoms. The van der Waals surface area contributed by atoms with Gasteiger partial charge in [0.15, 0.2) is 0 Å². The number of rotatable bonds is 0. The maximum atomic E-state index is 3.48. The third-order valence-corrected chi connectivity index (χ3v) is 3.44. The van der Waals surface area contributed by atoms with E-state index in [4.69, 9.17) is 0 Å². The summed E-state index contributed by atoms with van der Waals surface area (Å²) in [5.41, 5.74) is 3.10. The number of piperazine rings is 1. The molecule has 0 radical (unpaired) electrons. The molecule has 2 heterocycles. The van der Waals surface area contributed by atoms with Gasteiger partial charge >= 0.3 is 0 Å². The lowest BCUT2D eigenvalue weighted by Crippen LogP contribution is -2.48. The highest BCUT2D eigenvalue weighted by molar-refractivity contribution is 5.85. The standard InChI is InChI=1S/C12H16N2.2ClH/c1-2-4-11-10(3-1)5-7-14-8-6-13-9-12(11)14;;/h1-4,12-13H,5-9H2;2*1H/t12-;;/m1../s1. The summed E-state index contributed by atoms with van der Waals surface area (Å²) in [7, 11) is 0. The molecule has 2 aliphatic rings. The number of benzene rings is 1. The molecule has 0 aliphatic carbocycles. The predicted octanol–water partition coefficient (Wildman–Crippen LogP) is 2.03. The highest BCUT2D eigenvalue weighted by Crippen LogP contribution is 2.29. The number of fused-ring (bicyclic) bond motifs is 3. The smallest absolute Gasteiger partial charge is 0.0476 e. The van der Waals surface area contributed by atoms with Crippen molar-refractivity contribution in [3.63, 3.8) is 0 Å². The quantitative estimate of drug-likeness (QED) is 0.768. The molecule has 4 heteroatoms. The summed E-state index contributed by atoms with van der Waals surface area (Å²) in [6, 6.07) is 9.52. The van der Waals surface area contributed by atoms with Crippen molar-refractivity contribution < 1.29 is 0 Å². The fraction of sp³-hybridized carbons (Fsp3) is 0.500. The first-order chi connectivity index (χ1) is 6.95. The normalized spacial score (nSPS) is 23.4. The third kappa shape index (κ3) is 2.35. The summed E-state index contributed by atoms with van der Waals surface area (Å²) >= 11 is 0. The van der Waals surface area contributed by atoms with Gasteiger partial charge in [-0.2, -0.15) is 0 Å². The SMILES string of the molecule is Cl.Cl.c1ccc2c(c1)CCN1CCNC[C@H]21. The maximum absolute atomic E-state index is 3.48. The minimum absolute atomic E-state index is 0. The van der Waals surface area contributed by atoms with Gasteiger partial charge in [0.1, 0.15) is 0 Å². The molecule has 0 amide bonds. The molecule has 1 aromatic carbocycles. The molecule has 0 spiro atoms. The van der Waals surface area contributed by atoms with Crippen LogP contribution in [-0.4, -0.2) is 31.1 Å². The van der Waals surface area contributed by atoms with Crippen molar-refractivity contribution in [1.82, 2.24) is 10.2 Å². The first-order valence-electron chi connectivity index (χ1n) is 5.48. The third-order valence-electron chi connectivity index (χ3n) is 3.44. The van der Waals surface area contributed by atoms with Crippen LogP contribution in [0.1, 0.15) is 17.2 Å². The van der Waals surface area contributed by atoms with Crippen LogP contribution in [0.25, 0.3) is 0 Å². The molecule has 3 rings (SSSR count). The predicted molar refractivity (Wildman–Crippen MR) is 71.8 cm³/mol. The van der Waals surface area contributed by atoms with Gasteiger partial charge < -0.3 is 5.32 Å². The first kappa shape index (κ1) is 13.8. The van der Waals surface area contributed by atoms with Crippen LogP contribution < -0.4 is 5.32 Å². The van der Waals surface area contributed by atoms with Crippen molar-refractivity contribution in [1.29, 1.82) is 0 Å². The van der Waals surface area contributed by atoms with E-state index in [0.717, 1.165) is 13.1 Å². The number of nitrogens with one attached hydrogen (secondary N) is 1. The molecule has 1 aromatic rings. The zero-order valence-corrected chi connectivity index (χ0v) is 10.8. The molecule has 0 saturated carbocycles. The Bertz CT molecular complexity index is 344. The molecule has 1 saturated heterocycles. The minimum Gasteiger partial charge on any atom is -0.314 e. The monoisotopic (exact) mass is 260 g/mol. The van der Waals surface area contributed by atoms with Gasteiger partial charge in [-0.25, -0.2) is 0 Å². The Morgan fingerprint density at radius 1 is 1.12 bits per heavy atom. The van der Waals surface area contributed by atoms with Crippen LogP contribution in [0.2, 0.25) is 0 Å². The van der Waals surface area contributed by atoms with Gasteiger partial charge in [0, 0.05) is 32.2 Å². The average molecular weight is 261 g/mol. The van der Waals surface area contributed by atoms with Crippen molar-refractivity contribution in [2.75, 3.05) is 26.2 Å². The largest absolute Gasteiger partial charge is 0.314 e. The zero-order valence-electron chi connectivity index (χ0n) is 9.19. The van der Waals surface area contributed by atoms with Gasteiger partial charge in [0.05, 0.1) is 0 Å². The van der Waals surface area contributed by atoms with Gasteiger partial charge in [0.2, 0.25) is 0 Å². The maximum Gasteiger partial charge on any atom is 0.0476 e. The fourth-order valence-electron chi connectivity index (χ4n) is 2.67. The van der Waals surface area contributed by atoms with E-state index >= 15 is 0 Å². The Hall–Kier alpha value is -0.280. The molecule has 2 nitrogen and oxygen atoms in total. The van der Waals surface area contributed by atoms with Crippen molar-refractivity contribution in [3.05, 3.63) is 35.4 Å². The highest BCUT2D eigenvalue weighted by atomic mass is 35.5. The van der Waals surface area contributed by atoms with Crippen molar-refractivity contribution in [3.8, 4) is 0 Å². The molecule has 1 atom stereocenters. The van der Waals surface area contributed by atoms with Crippen LogP contribution in [0.4, 0.5) is 0 Å². The van der Waals surface area contributed by atoms with E-state index in [-0.39, 0.29) is 24.8 Å². The molecule has 0 aromatic heterocycles. The van der Waals surface area contributed by atoms with Crippen LogP contribution in [0, 0.1) is 0 Å². The molecule has 90 valence electrons. The van der Waals surface area contributed by atoms with E-state index in [1.165, 1.54) is 19.5 Å². The van der Waals surface area contributed by atoms with Gasteiger partial charge in [-0.1, -0.05) is 24.3 Å². The molecule has 1 N–H and O–H groups in total. The summed E-state index contributed by atoms with van der Waals surface area (Å²) in [6.07, 6.45) is 1.23. The van der Waals surface area contributed by atoms with Crippen LogP contribution in [0.5, 0.6) is 0 Å². The Morgan fingerprint density at radius 3 is 2.81 bits per heavy atom. The van der Waals surface area contributed by atoms with Gasteiger partial charge in [0.25, 0.3) is 0 Å². The van der Waals surface area contributed by atoms with E-state index in [1.54, 1.807) is 11.1 Å². The van der Waals surface area contributed by atoms with Gasteiger partial charge in [-0.15, -0.1) is 24.8 Å². The Morgan fingerprint density at radius 2 is 1.94 bits per heavy atom. The lowest BCUT2D eigenvalue weighted by molar-refractivity contribution is 0.152. The summed E-state index contributed by atoms with van der Waals surface area (Å²) in [6.45, 7) is 4.72. The zero-order chi connectivity index (χ0) is 9.38. The molecule has 2 aliphatic heterocycles. The molecule has 1 fully saturated rings. The van der Waals surface area contributed by atoms with E-state index in [9.17, 15) is 0 Å². The van der Waals surface area contributed by atoms with Crippen molar-refractivity contribution in [2.24, 2.45) is 0 Å². The van der Waals surface area contributed by atoms with E-state index < -0.39 is 0 Å². The lowest BCUT2D eigenvalue weighted by atomic mass is 9.91. The van der Waals surface area contributed by atoms with E-state index in [0.29, 0.717) is 6.04 Å². The second-order valence-electron chi connectivity index (χ2n) is 4.20. The second kappa shape index (κ2) is 5.87. The fourth-order valence-corrected chi connectivity index (χ4v) is 2.67. The molecule has 0 unspecified atom stereocenters. The van der Waals surface area contributed by atoms with Crippen LogP contribution in [-0.2, 0) is 6.42 Å². The highest BCUT2D eigenvalue weighted by Gasteiger charge is 2.28. The van der Waals surface area contributed by atoms with Gasteiger partial charge in [-0.05, 0) is 17.5 Å². The number of halogens is 2. The van der Waals surface area contributed by atoms with Crippen LogP contribution in [0.3, 0.4) is 0 Å². The summed E-state index contributed by atoms with van der Waals surface area (Å²) in [4.78, 5) is 2.61. The number of hydrogen-bond donors (Lipinski definition) is 1. The van der Waals surface area contributed by atoms with E-state index in [2.05, 4.69) is 34.5 Å². The molecule has 0 bridgehead atoms. The van der Waals surface area contributed by atoms with Crippen molar-refractivity contribution >= 4 is 24.8 Å². The summed E-state index contributed by atoms with van der Waals surface area (Å²) in [5.74, 6) is 0. The summed E-state index contributed by atoms with van der Waals surface area (Å²) < 4.78 is 0. The average Bonchev–Trinajstić information content (AvgIpc) is 2.29. The summed E-state index contributed by atoms with van der Waals surface area (Å²) in [5, 5.41) is 3.48. The van der Waals surface area contributed by atoms with E-state index in [1.807, 2.05) is 0 Å². The number of hydrogen-bond acceptors (Lipinski definition) is 2. The minimum atomic E-state index is 0. The lowest BCUT2D eigenvalue weighted by Gasteiger charge is -2.40. The molecular formula is C12H18Cl2N2. The Kier molecular flexibility index (Phi) is 5.06. The first-order valence-corrected chi connectivity index (χ1v) is 5.48. The van der Waals surface area contributed by atoms with Crippen LogP contribution >= 0.6 is 24.8 Å². The number of nitrogens with zero attached hydrogens (tertiary/aromatic N) is 1. The topological polar surface area (TPSA) is 15.3 Å². The Labute approximate surface area is 109 Å². The van der Waals surface area contributed by atoms with Crippen molar-refractivity contribution in [2.45, 2.75) is 12.5 Å².